The SMILES string of the molecule is Cl.Nc1ncc(-c2cc(F)c(OCCN3CCOCC3)cc2F)nc1C(=O)Nc1cccnc1. The van der Waals surface area contributed by atoms with E-state index in [2.05, 4.69) is 25.2 Å². The summed E-state index contributed by atoms with van der Waals surface area (Å²) in [6, 6.07) is 5.19. The minimum atomic E-state index is -0.768. The second-order valence-electron chi connectivity index (χ2n) is 7.25. The fourth-order valence-corrected chi connectivity index (χ4v) is 3.27. The van der Waals surface area contributed by atoms with E-state index in [1.165, 1.54) is 12.4 Å². The lowest BCUT2D eigenvalue weighted by Crippen LogP contribution is -2.38. The molecular formula is C22H23ClF2N6O3. The Bertz CT molecular complexity index is 1130. The van der Waals surface area contributed by atoms with Crippen LogP contribution in [0, 0.1) is 11.6 Å². The van der Waals surface area contributed by atoms with Crippen molar-refractivity contribution >= 4 is 29.8 Å². The molecule has 0 spiro atoms. The van der Waals surface area contributed by atoms with E-state index in [0.717, 1.165) is 25.2 Å². The molecule has 1 aliphatic rings. The summed E-state index contributed by atoms with van der Waals surface area (Å²) in [5.41, 5.74) is 5.77. The predicted molar refractivity (Wildman–Crippen MR) is 124 cm³/mol. The molecule has 0 bridgehead atoms. The highest BCUT2D eigenvalue weighted by Crippen LogP contribution is 2.28. The molecule has 3 heterocycles. The summed E-state index contributed by atoms with van der Waals surface area (Å²) >= 11 is 0. The lowest BCUT2D eigenvalue weighted by molar-refractivity contribution is 0.0320. The maximum atomic E-state index is 14.8. The van der Waals surface area contributed by atoms with Crippen LogP contribution in [0.2, 0.25) is 0 Å². The lowest BCUT2D eigenvalue weighted by atomic mass is 10.1. The van der Waals surface area contributed by atoms with Gasteiger partial charge in [-0.2, -0.15) is 0 Å². The van der Waals surface area contributed by atoms with Crippen molar-refractivity contribution in [1.82, 2.24) is 19.9 Å². The van der Waals surface area contributed by atoms with Crippen LogP contribution in [-0.4, -0.2) is 65.2 Å². The fraction of sp³-hybridized carbons (Fsp3) is 0.273. The molecule has 1 fully saturated rings. The molecule has 3 aromatic rings. The van der Waals surface area contributed by atoms with Gasteiger partial charge in [0.15, 0.2) is 23.1 Å². The molecule has 1 aromatic carbocycles. The molecule has 1 aliphatic heterocycles. The monoisotopic (exact) mass is 492 g/mol. The van der Waals surface area contributed by atoms with Gasteiger partial charge in [-0.05, 0) is 18.2 Å². The fourth-order valence-electron chi connectivity index (χ4n) is 3.27. The summed E-state index contributed by atoms with van der Waals surface area (Å²) in [5.74, 6) is -2.53. The number of amides is 1. The Morgan fingerprint density at radius 2 is 2.00 bits per heavy atom. The molecule has 180 valence electrons. The zero-order chi connectivity index (χ0) is 23.2. The Morgan fingerprint density at radius 1 is 1.21 bits per heavy atom. The van der Waals surface area contributed by atoms with Crippen LogP contribution in [-0.2, 0) is 4.74 Å². The Kier molecular flexibility index (Phi) is 8.63. The van der Waals surface area contributed by atoms with Crippen molar-refractivity contribution in [2.45, 2.75) is 0 Å². The van der Waals surface area contributed by atoms with E-state index >= 15 is 0 Å². The molecule has 1 saturated heterocycles. The van der Waals surface area contributed by atoms with Crippen molar-refractivity contribution < 1.29 is 23.0 Å². The number of nitrogens with two attached hydrogens (primary N) is 1. The van der Waals surface area contributed by atoms with Crippen LogP contribution >= 0.6 is 12.4 Å². The van der Waals surface area contributed by atoms with Gasteiger partial charge >= 0.3 is 0 Å². The van der Waals surface area contributed by atoms with Gasteiger partial charge in [0.2, 0.25) is 0 Å². The number of benzene rings is 1. The zero-order valence-corrected chi connectivity index (χ0v) is 18.9. The quantitative estimate of drug-likeness (QED) is 0.517. The van der Waals surface area contributed by atoms with Crippen molar-refractivity contribution in [3.63, 3.8) is 0 Å². The number of pyridine rings is 1. The number of nitrogens with one attached hydrogen (secondary N) is 1. The molecule has 0 aliphatic carbocycles. The number of nitrogens with zero attached hydrogens (tertiary/aromatic N) is 4. The number of halogens is 3. The summed E-state index contributed by atoms with van der Waals surface area (Å²) in [6.07, 6.45) is 4.17. The van der Waals surface area contributed by atoms with Crippen molar-refractivity contribution in [1.29, 1.82) is 0 Å². The number of anilines is 2. The third-order valence-corrected chi connectivity index (χ3v) is 5.00. The lowest BCUT2D eigenvalue weighted by Gasteiger charge is -2.26. The molecule has 9 nitrogen and oxygen atoms in total. The first kappa shape index (κ1) is 25.2. The first-order valence-corrected chi connectivity index (χ1v) is 10.3. The molecule has 0 unspecified atom stereocenters. The molecule has 0 radical (unpaired) electrons. The molecule has 34 heavy (non-hydrogen) atoms. The Labute approximate surface area is 200 Å². The smallest absolute Gasteiger partial charge is 0.278 e. The molecular weight excluding hydrogens is 470 g/mol. The molecule has 3 N–H and O–H groups in total. The highest BCUT2D eigenvalue weighted by molar-refractivity contribution is 6.05. The minimum absolute atomic E-state index is 0. The van der Waals surface area contributed by atoms with Crippen molar-refractivity contribution in [2.75, 3.05) is 50.5 Å². The van der Waals surface area contributed by atoms with Crippen LogP contribution in [0.3, 0.4) is 0 Å². The van der Waals surface area contributed by atoms with Gasteiger partial charge in [0, 0.05) is 37.5 Å². The van der Waals surface area contributed by atoms with Gasteiger partial charge in [-0.1, -0.05) is 0 Å². The van der Waals surface area contributed by atoms with Crippen molar-refractivity contribution in [3.8, 4) is 17.0 Å². The summed E-state index contributed by atoms with van der Waals surface area (Å²) in [5, 5.41) is 2.58. The van der Waals surface area contributed by atoms with Crippen molar-refractivity contribution in [2.24, 2.45) is 0 Å². The minimum Gasteiger partial charge on any atom is -0.489 e. The van der Waals surface area contributed by atoms with Crippen LogP contribution in [0.15, 0.2) is 42.9 Å². The van der Waals surface area contributed by atoms with Gasteiger partial charge in [0.1, 0.15) is 12.4 Å². The number of ether oxygens (including phenoxy) is 2. The molecule has 2 aromatic heterocycles. The second-order valence-corrected chi connectivity index (χ2v) is 7.25. The van der Waals surface area contributed by atoms with Crippen LogP contribution in [0.1, 0.15) is 10.5 Å². The third-order valence-electron chi connectivity index (χ3n) is 5.00. The van der Waals surface area contributed by atoms with Crippen LogP contribution < -0.4 is 15.8 Å². The highest BCUT2D eigenvalue weighted by atomic mass is 35.5. The summed E-state index contributed by atoms with van der Waals surface area (Å²) < 4.78 is 40.1. The van der Waals surface area contributed by atoms with E-state index in [1.54, 1.807) is 18.3 Å². The number of carbonyl (C=O) groups is 1. The highest BCUT2D eigenvalue weighted by Gasteiger charge is 2.19. The van der Waals surface area contributed by atoms with Gasteiger partial charge in [-0.3, -0.25) is 14.7 Å². The molecule has 1 amide bonds. The normalized spacial score (nSPS) is 13.7. The maximum absolute atomic E-state index is 14.8. The molecule has 0 atom stereocenters. The number of hydrogen-bond acceptors (Lipinski definition) is 8. The van der Waals surface area contributed by atoms with Crippen LogP contribution in [0.25, 0.3) is 11.3 Å². The molecule has 12 heteroatoms. The number of carbonyl (C=O) groups excluding carboxylic acids is 1. The van der Waals surface area contributed by atoms with Gasteiger partial charge in [0.25, 0.3) is 5.91 Å². The van der Waals surface area contributed by atoms with Gasteiger partial charge in [0.05, 0.1) is 37.0 Å². The van der Waals surface area contributed by atoms with E-state index in [1.807, 2.05) is 0 Å². The summed E-state index contributed by atoms with van der Waals surface area (Å²) in [4.78, 5) is 26.6. The van der Waals surface area contributed by atoms with E-state index in [9.17, 15) is 13.6 Å². The number of nitrogen functional groups attached to an aromatic ring is 1. The standard InChI is InChI=1S/C22H22F2N6O3.ClH/c23-16-11-19(33-9-6-30-4-7-32-8-5-30)17(24)10-15(16)18-13-27-21(25)20(29-18)22(31)28-14-2-1-3-26-12-14;/h1-3,10-13H,4-9H2,(H2,25,27)(H,28,31);1H. The zero-order valence-electron chi connectivity index (χ0n) is 18.0. The number of aromatic nitrogens is 3. The Morgan fingerprint density at radius 3 is 2.74 bits per heavy atom. The third kappa shape index (κ3) is 6.13. The van der Waals surface area contributed by atoms with E-state index < -0.39 is 17.5 Å². The average molecular weight is 493 g/mol. The first-order valence-electron chi connectivity index (χ1n) is 10.3. The largest absolute Gasteiger partial charge is 0.489 e. The predicted octanol–water partition coefficient (Wildman–Crippen LogP) is 2.78. The number of hydrogen-bond donors (Lipinski definition) is 2. The topological polar surface area (TPSA) is 115 Å². The number of rotatable bonds is 7. The van der Waals surface area contributed by atoms with E-state index in [-0.39, 0.29) is 47.5 Å². The Hall–Kier alpha value is -3.41. The average Bonchev–Trinajstić information content (AvgIpc) is 2.83. The summed E-state index contributed by atoms with van der Waals surface area (Å²) in [7, 11) is 0. The first-order chi connectivity index (χ1) is 16.0. The number of morpholine rings is 1. The maximum Gasteiger partial charge on any atom is 0.278 e. The van der Waals surface area contributed by atoms with Gasteiger partial charge < -0.3 is 20.5 Å². The van der Waals surface area contributed by atoms with Gasteiger partial charge in [-0.25, -0.2) is 18.7 Å². The van der Waals surface area contributed by atoms with Gasteiger partial charge in [-0.15, -0.1) is 12.4 Å². The summed E-state index contributed by atoms with van der Waals surface area (Å²) in [6.45, 7) is 3.60. The second kappa shape index (κ2) is 11.6. The molecule has 4 rings (SSSR count). The van der Waals surface area contributed by atoms with Crippen LogP contribution in [0.5, 0.6) is 5.75 Å². The Balaban J connectivity index is 0.00000324. The van der Waals surface area contributed by atoms with Crippen molar-refractivity contribution in [3.05, 3.63) is 60.2 Å². The van der Waals surface area contributed by atoms with Crippen LogP contribution in [0.4, 0.5) is 20.3 Å². The molecule has 0 saturated carbocycles. The van der Waals surface area contributed by atoms with E-state index in [4.69, 9.17) is 15.2 Å². The van der Waals surface area contributed by atoms with E-state index in [0.29, 0.717) is 25.4 Å².